The maximum atomic E-state index is 12.3. The van der Waals surface area contributed by atoms with Crippen LogP contribution in [0.5, 0.6) is 0 Å². The number of hydrogen-bond acceptors (Lipinski definition) is 5. The van der Waals surface area contributed by atoms with Gasteiger partial charge in [0.15, 0.2) is 0 Å². The molecule has 8 heteroatoms. The van der Waals surface area contributed by atoms with E-state index in [-0.39, 0.29) is 42.8 Å². The highest BCUT2D eigenvalue weighted by molar-refractivity contribution is 5.85. The SMILES string of the molecule is Cl.Cl.O=C(NCC(c1ccccc1)N1CCOCC1)C1COCCN1. The highest BCUT2D eigenvalue weighted by Gasteiger charge is 2.25. The molecule has 1 aromatic carbocycles. The Hall–Kier alpha value is -0.890. The summed E-state index contributed by atoms with van der Waals surface area (Å²) < 4.78 is 10.8. The molecule has 6 nitrogen and oxygen atoms in total. The molecule has 2 aliphatic rings. The third kappa shape index (κ3) is 6.40. The number of amides is 1. The molecule has 2 unspecified atom stereocenters. The number of carbonyl (C=O) groups excluding carboxylic acids is 1. The second-order valence-corrected chi connectivity index (χ2v) is 5.90. The maximum absolute atomic E-state index is 12.3. The number of nitrogens with one attached hydrogen (secondary N) is 2. The molecule has 3 rings (SSSR count). The van der Waals surface area contributed by atoms with Crippen LogP contribution >= 0.6 is 24.8 Å². The Balaban J connectivity index is 0.00000156. The number of ether oxygens (including phenoxy) is 2. The molecule has 2 heterocycles. The van der Waals surface area contributed by atoms with Crippen molar-refractivity contribution in [3.8, 4) is 0 Å². The quantitative estimate of drug-likeness (QED) is 0.783. The van der Waals surface area contributed by atoms with Gasteiger partial charge in [0.2, 0.25) is 5.91 Å². The van der Waals surface area contributed by atoms with Crippen LogP contribution in [0.1, 0.15) is 11.6 Å². The van der Waals surface area contributed by atoms with Crippen LogP contribution in [0.4, 0.5) is 0 Å². The van der Waals surface area contributed by atoms with Crippen molar-refractivity contribution in [2.45, 2.75) is 12.1 Å². The molecule has 2 aliphatic heterocycles. The molecule has 1 aromatic rings. The lowest BCUT2D eigenvalue weighted by Crippen LogP contribution is -2.53. The summed E-state index contributed by atoms with van der Waals surface area (Å²) in [6, 6.07) is 10.3. The summed E-state index contributed by atoms with van der Waals surface area (Å²) in [5.41, 5.74) is 1.22. The zero-order valence-electron chi connectivity index (χ0n) is 14.2. The Morgan fingerprint density at radius 2 is 1.88 bits per heavy atom. The standard InChI is InChI=1S/C17H25N3O3.2ClH/c21-17(15-13-23-9-6-18-15)19-12-16(14-4-2-1-3-5-14)20-7-10-22-11-8-20;;/h1-5,15-16,18H,6-13H2,(H,19,21);2*1H. The summed E-state index contributed by atoms with van der Waals surface area (Å²) in [7, 11) is 0. The Kier molecular flexibility index (Phi) is 10.3. The second kappa shape index (κ2) is 11.7. The molecule has 0 spiro atoms. The van der Waals surface area contributed by atoms with Gasteiger partial charge in [0.25, 0.3) is 0 Å². The van der Waals surface area contributed by atoms with Crippen LogP contribution in [0, 0.1) is 0 Å². The van der Waals surface area contributed by atoms with Crippen molar-refractivity contribution in [3.63, 3.8) is 0 Å². The highest BCUT2D eigenvalue weighted by Crippen LogP contribution is 2.21. The van der Waals surface area contributed by atoms with Crippen molar-refractivity contribution >= 4 is 30.7 Å². The molecule has 25 heavy (non-hydrogen) atoms. The summed E-state index contributed by atoms with van der Waals surface area (Å²) in [5.74, 6) is 0.0129. The van der Waals surface area contributed by atoms with Gasteiger partial charge in [-0.3, -0.25) is 9.69 Å². The molecule has 0 radical (unpaired) electrons. The number of morpholine rings is 2. The van der Waals surface area contributed by atoms with Gasteiger partial charge < -0.3 is 20.1 Å². The molecule has 142 valence electrons. The third-order valence-corrected chi connectivity index (χ3v) is 4.38. The summed E-state index contributed by atoms with van der Waals surface area (Å²) in [6.45, 7) is 5.71. The van der Waals surface area contributed by atoms with Gasteiger partial charge >= 0.3 is 0 Å². The summed E-state index contributed by atoms with van der Waals surface area (Å²) in [5, 5.41) is 6.28. The van der Waals surface area contributed by atoms with E-state index in [1.54, 1.807) is 0 Å². The van der Waals surface area contributed by atoms with Crippen LogP contribution in [0.2, 0.25) is 0 Å². The molecule has 2 saturated heterocycles. The Morgan fingerprint density at radius 3 is 2.52 bits per heavy atom. The molecule has 0 saturated carbocycles. The maximum Gasteiger partial charge on any atom is 0.239 e. The number of benzene rings is 1. The van der Waals surface area contributed by atoms with E-state index in [1.165, 1.54) is 5.56 Å². The first-order chi connectivity index (χ1) is 11.3. The minimum atomic E-state index is -0.245. The molecule has 2 fully saturated rings. The Bertz CT molecular complexity index is 495. The number of carbonyl (C=O) groups is 1. The van der Waals surface area contributed by atoms with Crippen LogP contribution in [-0.2, 0) is 14.3 Å². The lowest BCUT2D eigenvalue weighted by molar-refractivity contribution is -0.126. The van der Waals surface area contributed by atoms with E-state index in [2.05, 4.69) is 27.7 Å². The fourth-order valence-corrected chi connectivity index (χ4v) is 3.08. The van der Waals surface area contributed by atoms with Gasteiger partial charge in [-0.25, -0.2) is 0 Å². The van der Waals surface area contributed by atoms with E-state index in [0.29, 0.717) is 19.8 Å². The number of halogens is 2. The number of nitrogens with zero attached hydrogens (tertiary/aromatic N) is 1. The predicted octanol–water partition coefficient (Wildman–Crippen LogP) is 1.01. The van der Waals surface area contributed by atoms with Gasteiger partial charge in [0, 0.05) is 26.2 Å². The normalized spacial score (nSPS) is 22.2. The second-order valence-electron chi connectivity index (χ2n) is 5.90. The zero-order chi connectivity index (χ0) is 15.9. The minimum absolute atomic E-state index is 0. The van der Waals surface area contributed by atoms with Crippen molar-refractivity contribution in [2.24, 2.45) is 0 Å². The first-order valence-corrected chi connectivity index (χ1v) is 8.30. The van der Waals surface area contributed by atoms with E-state index >= 15 is 0 Å². The first-order valence-electron chi connectivity index (χ1n) is 8.30. The van der Waals surface area contributed by atoms with Crippen LogP contribution < -0.4 is 10.6 Å². The van der Waals surface area contributed by atoms with Crippen LogP contribution in [0.15, 0.2) is 30.3 Å². The molecule has 0 aliphatic carbocycles. The number of hydrogen-bond donors (Lipinski definition) is 2. The van der Waals surface area contributed by atoms with Crippen LogP contribution in [-0.4, -0.2) is 69.5 Å². The van der Waals surface area contributed by atoms with Crippen LogP contribution in [0.3, 0.4) is 0 Å². The van der Waals surface area contributed by atoms with Gasteiger partial charge in [-0.1, -0.05) is 30.3 Å². The predicted molar refractivity (Wildman–Crippen MR) is 102 cm³/mol. The first kappa shape index (κ1) is 22.2. The highest BCUT2D eigenvalue weighted by atomic mass is 35.5. The zero-order valence-corrected chi connectivity index (χ0v) is 15.8. The lowest BCUT2D eigenvalue weighted by Gasteiger charge is -2.35. The smallest absolute Gasteiger partial charge is 0.239 e. The Morgan fingerprint density at radius 1 is 1.16 bits per heavy atom. The molecular formula is C17H27Cl2N3O3. The fourth-order valence-electron chi connectivity index (χ4n) is 3.08. The molecule has 2 N–H and O–H groups in total. The van der Waals surface area contributed by atoms with Crippen molar-refractivity contribution in [2.75, 3.05) is 52.6 Å². The van der Waals surface area contributed by atoms with Gasteiger partial charge in [-0.05, 0) is 5.56 Å². The summed E-state index contributed by atoms with van der Waals surface area (Å²) in [4.78, 5) is 14.7. The average Bonchev–Trinajstić information content (AvgIpc) is 2.64. The molecule has 1 amide bonds. The van der Waals surface area contributed by atoms with Gasteiger partial charge in [0.05, 0.1) is 32.5 Å². The largest absolute Gasteiger partial charge is 0.379 e. The summed E-state index contributed by atoms with van der Waals surface area (Å²) in [6.07, 6.45) is 0. The van der Waals surface area contributed by atoms with E-state index in [0.717, 1.165) is 32.8 Å². The van der Waals surface area contributed by atoms with Crippen molar-refractivity contribution in [3.05, 3.63) is 35.9 Å². The monoisotopic (exact) mass is 391 g/mol. The summed E-state index contributed by atoms with van der Waals surface area (Å²) >= 11 is 0. The van der Waals surface area contributed by atoms with Crippen molar-refractivity contribution < 1.29 is 14.3 Å². The van der Waals surface area contributed by atoms with Gasteiger partial charge in [-0.15, -0.1) is 24.8 Å². The van der Waals surface area contributed by atoms with Gasteiger partial charge in [0.1, 0.15) is 6.04 Å². The lowest BCUT2D eigenvalue weighted by atomic mass is 10.0. The van der Waals surface area contributed by atoms with E-state index in [9.17, 15) is 4.79 Å². The third-order valence-electron chi connectivity index (χ3n) is 4.38. The minimum Gasteiger partial charge on any atom is -0.379 e. The molecule has 2 atom stereocenters. The Labute approximate surface area is 161 Å². The fraction of sp³-hybridized carbons (Fsp3) is 0.588. The molecule has 0 aromatic heterocycles. The molecular weight excluding hydrogens is 365 g/mol. The van der Waals surface area contributed by atoms with Crippen molar-refractivity contribution in [1.29, 1.82) is 0 Å². The number of rotatable bonds is 5. The van der Waals surface area contributed by atoms with E-state index in [1.807, 2.05) is 18.2 Å². The van der Waals surface area contributed by atoms with Crippen molar-refractivity contribution in [1.82, 2.24) is 15.5 Å². The van der Waals surface area contributed by atoms with Gasteiger partial charge in [-0.2, -0.15) is 0 Å². The topological polar surface area (TPSA) is 62.8 Å². The van der Waals surface area contributed by atoms with Crippen LogP contribution in [0.25, 0.3) is 0 Å². The average molecular weight is 392 g/mol. The van der Waals surface area contributed by atoms with E-state index < -0.39 is 0 Å². The molecule has 0 bridgehead atoms. The van der Waals surface area contributed by atoms with E-state index in [4.69, 9.17) is 9.47 Å².